The quantitative estimate of drug-likeness (QED) is 0.0849. The maximum atomic E-state index is 10.9. The molecule has 15 rings (SSSR count). The van der Waals surface area contributed by atoms with E-state index in [1.165, 1.54) is 86.6 Å². The lowest BCUT2D eigenvalue weighted by molar-refractivity contribution is -0.138. The largest absolute Gasteiger partial charge is 0.480 e. The molecule has 5 N–H and O–H groups in total. The van der Waals surface area contributed by atoms with Crippen LogP contribution in [0.15, 0.2) is 116 Å². The molecular weight excluding hydrogens is 1340 g/mol. The molecule has 5 atom stereocenters. The van der Waals surface area contributed by atoms with E-state index in [0.717, 1.165) is 101 Å². The van der Waals surface area contributed by atoms with Gasteiger partial charge in [0.25, 0.3) is 0 Å². The molecular formula is C60H50N10O10S10. The van der Waals surface area contributed by atoms with Crippen molar-refractivity contribution in [1.82, 2.24) is 24.9 Å². The molecule has 0 bridgehead atoms. The number of carbonyl (C=O) groups is 5. The number of carboxylic acids is 5. The van der Waals surface area contributed by atoms with E-state index in [4.69, 9.17) is 25.5 Å². The molecule has 5 aliphatic heterocycles. The van der Waals surface area contributed by atoms with Crippen molar-refractivity contribution in [2.24, 2.45) is 25.0 Å². The van der Waals surface area contributed by atoms with Crippen molar-refractivity contribution in [3.8, 4) is 0 Å². The molecule has 0 spiro atoms. The average molecular weight is 1390 g/mol. The fraction of sp³-hybridized carbons (Fsp3) is 0.250. The van der Waals surface area contributed by atoms with Crippen molar-refractivity contribution in [2.75, 3.05) is 28.8 Å². The van der Waals surface area contributed by atoms with Crippen molar-refractivity contribution in [3.05, 3.63) is 144 Å². The standard InChI is InChI=1S/5C12H10N2O2S2/c5*1-6-2-3-7-9(4-6)18-11(13-7)10-14-8(5-17-10)12(15)16/h5*2-4,8H,5H2,1H3,(H,15,16). The van der Waals surface area contributed by atoms with Gasteiger partial charge in [0.05, 0.1) is 51.1 Å². The van der Waals surface area contributed by atoms with Crippen LogP contribution in [-0.2, 0) is 24.0 Å². The summed E-state index contributed by atoms with van der Waals surface area (Å²) in [6, 6.07) is 27.4. The van der Waals surface area contributed by atoms with Gasteiger partial charge in [-0.2, -0.15) is 0 Å². The Kier molecular flexibility index (Phi) is 20.3. The van der Waals surface area contributed by atoms with Crippen LogP contribution in [0.2, 0.25) is 0 Å². The number of nitrogens with zero attached hydrogens (tertiary/aromatic N) is 10. The molecule has 10 heterocycles. The first-order valence-electron chi connectivity index (χ1n) is 27.2. The number of aliphatic imine (C=N–C) groups is 5. The van der Waals surface area contributed by atoms with Crippen LogP contribution < -0.4 is 0 Å². The molecule has 0 fully saturated rings. The highest BCUT2D eigenvalue weighted by Gasteiger charge is 2.31. The Hall–Kier alpha value is -7.00. The third-order valence-electron chi connectivity index (χ3n) is 13.3. The van der Waals surface area contributed by atoms with Gasteiger partial charge in [-0.05, 0) is 123 Å². The van der Waals surface area contributed by atoms with Crippen LogP contribution in [0, 0.1) is 34.6 Å². The molecule has 0 aliphatic carbocycles. The molecule has 0 saturated heterocycles. The van der Waals surface area contributed by atoms with Crippen molar-refractivity contribution in [1.29, 1.82) is 0 Å². The highest BCUT2D eigenvalue weighted by Crippen LogP contribution is 2.35. The van der Waals surface area contributed by atoms with Crippen molar-refractivity contribution in [2.45, 2.75) is 64.8 Å². The Morgan fingerprint density at radius 1 is 0.300 bits per heavy atom. The number of hydrogen-bond acceptors (Lipinski definition) is 25. The molecule has 0 saturated carbocycles. The highest BCUT2D eigenvalue weighted by atomic mass is 32.2. The Morgan fingerprint density at radius 3 is 0.611 bits per heavy atom. The topological polar surface area (TPSA) is 313 Å². The lowest BCUT2D eigenvalue weighted by atomic mass is 10.2. The van der Waals surface area contributed by atoms with Crippen molar-refractivity contribution in [3.63, 3.8) is 0 Å². The summed E-state index contributed by atoms with van der Waals surface area (Å²) in [6.45, 7) is 10.2. The van der Waals surface area contributed by atoms with Crippen LogP contribution in [0.5, 0.6) is 0 Å². The van der Waals surface area contributed by atoms with Crippen molar-refractivity contribution >= 4 is 222 Å². The summed E-state index contributed by atoms with van der Waals surface area (Å²) in [5.74, 6) is -1.83. The summed E-state index contributed by atoms with van der Waals surface area (Å²) in [5.41, 5.74) is 10.7. The average Bonchev–Trinajstić information content (AvgIpc) is 2.50. The Bertz CT molecular complexity index is 3990. The van der Waals surface area contributed by atoms with Gasteiger partial charge in [0.15, 0.2) is 30.2 Å². The number of aryl methyl sites for hydroxylation is 5. The number of aromatic nitrogens is 5. The second-order valence-corrected chi connectivity index (χ2v) is 30.6. The number of aliphatic carboxylic acids is 5. The summed E-state index contributed by atoms with van der Waals surface area (Å²) in [4.78, 5) is 97.8. The third kappa shape index (κ3) is 15.5. The molecule has 5 aromatic heterocycles. The minimum atomic E-state index is -0.866. The Morgan fingerprint density at radius 2 is 0.467 bits per heavy atom. The van der Waals surface area contributed by atoms with E-state index in [1.807, 2.05) is 95.3 Å². The van der Waals surface area contributed by atoms with Gasteiger partial charge in [0, 0.05) is 28.8 Å². The number of rotatable bonds is 10. The van der Waals surface area contributed by atoms with Crippen LogP contribution in [-0.4, -0.2) is 164 Å². The van der Waals surface area contributed by atoms with Crippen LogP contribution in [0.25, 0.3) is 51.1 Å². The predicted octanol–water partition coefficient (Wildman–Crippen LogP) is 12.8. The summed E-state index contributed by atoms with van der Waals surface area (Å²) in [7, 11) is 0. The number of carboxylic acid groups (broad SMARTS) is 5. The smallest absolute Gasteiger partial charge is 0.329 e. The maximum Gasteiger partial charge on any atom is 0.329 e. The zero-order chi connectivity index (χ0) is 63.5. The molecule has 460 valence electrons. The number of benzene rings is 5. The van der Waals surface area contributed by atoms with Crippen molar-refractivity contribution < 1.29 is 49.5 Å². The van der Waals surface area contributed by atoms with E-state index in [-0.39, 0.29) is 0 Å². The van der Waals surface area contributed by atoms with Gasteiger partial charge in [-0.3, -0.25) is 25.0 Å². The van der Waals surface area contributed by atoms with Crippen LogP contribution in [0.1, 0.15) is 52.9 Å². The van der Waals surface area contributed by atoms with Crippen LogP contribution in [0.4, 0.5) is 0 Å². The zero-order valence-corrected chi connectivity index (χ0v) is 56.1. The first kappa shape index (κ1) is 64.5. The highest BCUT2D eigenvalue weighted by molar-refractivity contribution is 8.16. The van der Waals surface area contributed by atoms with E-state index in [1.54, 1.807) is 56.7 Å². The Balaban J connectivity index is 0.000000116. The van der Waals surface area contributed by atoms with Crippen LogP contribution in [0.3, 0.4) is 0 Å². The minimum Gasteiger partial charge on any atom is -0.480 e. The normalized spacial score (nSPS) is 19.2. The molecule has 30 heteroatoms. The van der Waals surface area contributed by atoms with Gasteiger partial charge >= 0.3 is 29.8 Å². The van der Waals surface area contributed by atoms with E-state index < -0.39 is 60.1 Å². The number of hydrogen-bond donors (Lipinski definition) is 5. The molecule has 90 heavy (non-hydrogen) atoms. The summed E-state index contributed by atoms with van der Waals surface area (Å²) < 4.78 is 5.59. The van der Waals surface area contributed by atoms with E-state index in [0.29, 0.717) is 28.8 Å². The molecule has 0 radical (unpaired) electrons. The molecule has 10 aromatic rings. The third-order valence-corrected chi connectivity index (χ3v) is 24.4. The molecule has 5 aliphatic rings. The van der Waals surface area contributed by atoms with Gasteiger partial charge in [-0.15, -0.1) is 115 Å². The number of thiazole rings is 5. The molecule has 0 amide bonds. The Labute approximate surface area is 553 Å². The van der Waals surface area contributed by atoms with Gasteiger partial charge in [-0.1, -0.05) is 30.3 Å². The second kappa shape index (κ2) is 28.3. The second-order valence-electron chi connectivity index (χ2n) is 20.4. The van der Waals surface area contributed by atoms with Crippen LogP contribution >= 0.6 is 115 Å². The predicted molar refractivity (Wildman–Crippen MR) is 374 cm³/mol. The fourth-order valence-electron chi connectivity index (χ4n) is 8.70. The molecule has 20 nitrogen and oxygen atoms in total. The summed E-state index contributed by atoms with van der Waals surface area (Å²) >= 11 is 15.2. The van der Waals surface area contributed by atoms with Gasteiger partial charge in [-0.25, -0.2) is 48.9 Å². The first-order chi connectivity index (χ1) is 43.2. The first-order valence-corrected chi connectivity index (χ1v) is 36.2. The summed E-state index contributed by atoms with van der Waals surface area (Å²) in [6.07, 6.45) is 0. The number of fused-ring (bicyclic) bond motifs is 5. The lowest BCUT2D eigenvalue weighted by Gasteiger charge is -1.93. The van der Waals surface area contributed by atoms with Gasteiger partial charge in [0.1, 0.15) is 50.3 Å². The summed E-state index contributed by atoms with van der Waals surface area (Å²) in [5, 5.41) is 52.5. The maximum absolute atomic E-state index is 10.9. The van der Waals surface area contributed by atoms with E-state index in [9.17, 15) is 24.0 Å². The van der Waals surface area contributed by atoms with E-state index >= 15 is 0 Å². The SMILES string of the molecule is Cc1ccc2nc(C3=NC(C(=O)O)CS3)sc2c1.Cc1ccc2nc(C3=NC(C(=O)O)CS3)sc2c1.Cc1ccc2nc(C3=NC(C(=O)O)CS3)sc2c1.Cc1ccc2nc(C3=NC(C(=O)O)CS3)sc2c1.Cc1ccc2nc(C3=NC(C(=O)O)CS3)sc2c1. The number of thioether (sulfide) groups is 5. The van der Waals surface area contributed by atoms with E-state index in [2.05, 4.69) is 80.2 Å². The van der Waals surface area contributed by atoms with Gasteiger partial charge < -0.3 is 25.5 Å². The fourth-order valence-corrected chi connectivity index (χ4v) is 19.5. The molecule has 5 aromatic carbocycles. The molecule has 5 unspecified atom stereocenters. The lowest BCUT2D eigenvalue weighted by Crippen LogP contribution is -2.17. The van der Waals surface area contributed by atoms with Gasteiger partial charge in [0.2, 0.25) is 0 Å². The minimum absolute atomic E-state index is 0.500. The zero-order valence-electron chi connectivity index (χ0n) is 47.9. The monoisotopic (exact) mass is 1390 g/mol.